The highest BCUT2D eigenvalue weighted by atomic mass is 35.5. The molecule has 1 aliphatic rings. The van der Waals surface area contributed by atoms with Gasteiger partial charge in [-0.1, -0.05) is 11.6 Å². The van der Waals surface area contributed by atoms with E-state index in [1.807, 2.05) is 23.9 Å². The molecular weight excluding hydrogens is 268 g/mol. The fourth-order valence-corrected chi connectivity index (χ4v) is 5.15. The maximum Gasteiger partial charge on any atom is 0.151 e. The normalized spacial score (nSPS) is 21.5. The molecule has 0 radical (unpaired) electrons. The number of Topliss-reactive ketones (excluding diaryl/α,β-unsaturated/α-hetero) is 1. The van der Waals surface area contributed by atoms with Crippen molar-refractivity contribution in [2.75, 3.05) is 17.3 Å². The average molecular weight is 279 g/mol. The number of hydrogen-bond acceptors (Lipinski definition) is 4. The van der Waals surface area contributed by atoms with E-state index in [2.05, 4.69) is 0 Å². The molecule has 1 nitrogen and oxygen atoms in total. The summed E-state index contributed by atoms with van der Waals surface area (Å²) < 4.78 is 0.767. The van der Waals surface area contributed by atoms with Crippen LogP contribution in [0.3, 0.4) is 0 Å². The quantitative estimate of drug-likeness (QED) is 0.844. The van der Waals surface area contributed by atoms with Crippen LogP contribution >= 0.6 is 46.5 Å². The van der Waals surface area contributed by atoms with Crippen LogP contribution in [0.1, 0.15) is 4.88 Å². The van der Waals surface area contributed by atoms with Crippen molar-refractivity contribution in [3.63, 3.8) is 0 Å². The van der Waals surface area contributed by atoms with Crippen LogP contribution in [0.5, 0.6) is 0 Å². The third kappa shape index (κ3) is 3.41. The highest BCUT2D eigenvalue weighted by Gasteiger charge is 2.22. The molecule has 1 atom stereocenters. The Morgan fingerprint density at radius 2 is 2.33 bits per heavy atom. The van der Waals surface area contributed by atoms with Crippen LogP contribution in [0.15, 0.2) is 12.1 Å². The van der Waals surface area contributed by atoms with Crippen molar-refractivity contribution < 1.29 is 4.79 Å². The summed E-state index contributed by atoms with van der Waals surface area (Å²) in [6, 6.07) is 3.81. The first-order valence-corrected chi connectivity index (χ1v) is 8.12. The monoisotopic (exact) mass is 278 g/mol. The van der Waals surface area contributed by atoms with Crippen molar-refractivity contribution in [3.8, 4) is 0 Å². The van der Waals surface area contributed by atoms with Gasteiger partial charge in [-0.2, -0.15) is 11.8 Å². The number of hydrogen-bond donors (Lipinski definition) is 0. The summed E-state index contributed by atoms with van der Waals surface area (Å²) in [5, 5.41) is 0.199. The van der Waals surface area contributed by atoms with Crippen LogP contribution < -0.4 is 0 Å². The van der Waals surface area contributed by atoms with Crippen molar-refractivity contribution in [1.82, 2.24) is 0 Å². The van der Waals surface area contributed by atoms with E-state index < -0.39 is 0 Å². The zero-order valence-corrected chi connectivity index (χ0v) is 11.3. The number of ketones is 1. The highest BCUT2D eigenvalue weighted by Crippen LogP contribution is 2.27. The number of carbonyl (C=O) groups excluding carboxylic acids is 1. The van der Waals surface area contributed by atoms with E-state index >= 15 is 0 Å². The first-order valence-electron chi connectivity index (χ1n) is 4.72. The van der Waals surface area contributed by atoms with Crippen LogP contribution in [0.4, 0.5) is 0 Å². The van der Waals surface area contributed by atoms with Gasteiger partial charge in [0.1, 0.15) is 0 Å². The Kier molecular flexibility index (Phi) is 4.43. The molecule has 0 spiro atoms. The van der Waals surface area contributed by atoms with E-state index in [-0.39, 0.29) is 5.25 Å². The molecule has 0 aliphatic carbocycles. The molecular formula is C10H11ClOS3. The second-order valence-electron chi connectivity index (χ2n) is 3.28. The number of thioether (sulfide) groups is 2. The van der Waals surface area contributed by atoms with Crippen LogP contribution in [0, 0.1) is 0 Å². The maximum atomic E-state index is 11.9. The van der Waals surface area contributed by atoms with Crippen molar-refractivity contribution >= 4 is 52.2 Å². The van der Waals surface area contributed by atoms with Crippen LogP contribution in [0.2, 0.25) is 4.34 Å². The number of thiophene rings is 1. The summed E-state index contributed by atoms with van der Waals surface area (Å²) in [6.45, 7) is 0. The first kappa shape index (κ1) is 11.8. The number of rotatable bonds is 3. The second-order valence-corrected chi connectivity index (χ2v) is 7.54. The SMILES string of the molecule is O=C(Cc1ccc(Cl)s1)C1CSCCS1. The lowest BCUT2D eigenvalue weighted by atomic mass is 10.2. The van der Waals surface area contributed by atoms with Crippen molar-refractivity contribution in [1.29, 1.82) is 0 Å². The highest BCUT2D eigenvalue weighted by molar-refractivity contribution is 8.07. The van der Waals surface area contributed by atoms with E-state index in [0.29, 0.717) is 12.2 Å². The fourth-order valence-electron chi connectivity index (χ4n) is 1.41. The molecule has 5 heteroatoms. The van der Waals surface area contributed by atoms with E-state index in [0.717, 1.165) is 20.7 Å². The lowest BCUT2D eigenvalue weighted by molar-refractivity contribution is -0.117. The molecule has 2 rings (SSSR count). The van der Waals surface area contributed by atoms with E-state index in [1.165, 1.54) is 17.1 Å². The molecule has 1 unspecified atom stereocenters. The number of carbonyl (C=O) groups is 1. The summed E-state index contributed by atoms with van der Waals surface area (Å²) >= 11 is 11.0. The largest absolute Gasteiger partial charge is 0.298 e. The average Bonchev–Trinajstić information content (AvgIpc) is 2.65. The minimum Gasteiger partial charge on any atom is -0.298 e. The van der Waals surface area contributed by atoms with Gasteiger partial charge < -0.3 is 0 Å². The number of halogens is 1. The minimum absolute atomic E-state index is 0.199. The predicted octanol–water partition coefficient (Wildman–Crippen LogP) is 3.36. The van der Waals surface area contributed by atoms with Gasteiger partial charge in [-0.25, -0.2) is 0 Å². The van der Waals surface area contributed by atoms with Gasteiger partial charge in [0.05, 0.1) is 9.59 Å². The zero-order valence-electron chi connectivity index (χ0n) is 8.07. The third-order valence-corrected chi connectivity index (χ3v) is 6.19. The van der Waals surface area contributed by atoms with E-state index in [4.69, 9.17) is 11.6 Å². The summed E-state index contributed by atoms with van der Waals surface area (Å²) in [5.41, 5.74) is 0. The van der Waals surface area contributed by atoms with Gasteiger partial charge in [0, 0.05) is 28.6 Å². The molecule has 0 bridgehead atoms. The maximum absolute atomic E-state index is 11.9. The Balaban J connectivity index is 1.91. The Hall–Kier alpha value is 0.360. The summed E-state index contributed by atoms with van der Waals surface area (Å²) in [7, 11) is 0. The van der Waals surface area contributed by atoms with Gasteiger partial charge in [0.25, 0.3) is 0 Å². The van der Waals surface area contributed by atoms with Crippen LogP contribution in [-0.4, -0.2) is 28.3 Å². The molecule has 0 saturated carbocycles. The van der Waals surface area contributed by atoms with E-state index in [1.54, 1.807) is 11.8 Å². The standard InChI is InChI=1S/C10H11ClOS3/c11-10-2-1-7(15-10)5-8(12)9-6-13-3-4-14-9/h1-2,9H,3-6H2. The Labute approximate surface area is 107 Å². The molecule has 1 saturated heterocycles. The van der Waals surface area contributed by atoms with Crippen LogP contribution in [-0.2, 0) is 11.2 Å². The van der Waals surface area contributed by atoms with Crippen molar-refractivity contribution in [2.45, 2.75) is 11.7 Å². The van der Waals surface area contributed by atoms with Gasteiger partial charge in [-0.3, -0.25) is 4.79 Å². The predicted molar refractivity (Wildman–Crippen MR) is 71.6 cm³/mol. The Morgan fingerprint density at radius 1 is 1.47 bits per heavy atom. The lowest BCUT2D eigenvalue weighted by Gasteiger charge is -2.19. The molecule has 1 aliphatic heterocycles. The Bertz CT molecular complexity index is 344. The van der Waals surface area contributed by atoms with E-state index in [9.17, 15) is 4.79 Å². The molecule has 15 heavy (non-hydrogen) atoms. The molecule has 0 amide bonds. The molecule has 82 valence electrons. The van der Waals surface area contributed by atoms with Gasteiger partial charge in [-0.15, -0.1) is 23.1 Å². The molecule has 0 aromatic carbocycles. The molecule has 0 N–H and O–H groups in total. The van der Waals surface area contributed by atoms with Gasteiger partial charge >= 0.3 is 0 Å². The topological polar surface area (TPSA) is 17.1 Å². The summed E-state index contributed by atoms with van der Waals surface area (Å²) in [6.07, 6.45) is 0.551. The Morgan fingerprint density at radius 3 is 2.93 bits per heavy atom. The molecule has 2 heterocycles. The third-order valence-electron chi connectivity index (χ3n) is 2.15. The smallest absolute Gasteiger partial charge is 0.151 e. The van der Waals surface area contributed by atoms with Crippen molar-refractivity contribution in [2.24, 2.45) is 0 Å². The van der Waals surface area contributed by atoms with Gasteiger partial charge in [0.15, 0.2) is 5.78 Å². The summed E-state index contributed by atoms with van der Waals surface area (Å²) in [4.78, 5) is 13.0. The molecule has 1 fully saturated rings. The fraction of sp³-hybridized carbons (Fsp3) is 0.500. The van der Waals surface area contributed by atoms with Crippen LogP contribution in [0.25, 0.3) is 0 Å². The van der Waals surface area contributed by atoms with Gasteiger partial charge in [0.2, 0.25) is 0 Å². The lowest BCUT2D eigenvalue weighted by Crippen LogP contribution is -2.25. The minimum atomic E-state index is 0.199. The summed E-state index contributed by atoms with van der Waals surface area (Å²) in [5.74, 6) is 3.61. The molecule has 1 aromatic heterocycles. The van der Waals surface area contributed by atoms with Crippen molar-refractivity contribution in [3.05, 3.63) is 21.3 Å². The zero-order chi connectivity index (χ0) is 10.7. The molecule has 1 aromatic rings. The van der Waals surface area contributed by atoms with Gasteiger partial charge in [-0.05, 0) is 12.1 Å². The first-order chi connectivity index (χ1) is 7.25. The second kappa shape index (κ2) is 5.62.